The Labute approximate surface area is 412 Å². The summed E-state index contributed by atoms with van der Waals surface area (Å²) >= 11 is 0. The maximum absolute atomic E-state index is 2.49. The third-order valence-electron chi connectivity index (χ3n) is 15.0. The van der Waals surface area contributed by atoms with Gasteiger partial charge in [-0.25, -0.2) is 0 Å². The molecule has 2 unspecified atom stereocenters. The van der Waals surface area contributed by atoms with Crippen LogP contribution in [0.15, 0.2) is 243 Å². The number of rotatable bonds is 13. The van der Waals surface area contributed by atoms with Gasteiger partial charge in [-0.15, -0.1) is 0 Å². The second-order valence-electron chi connectivity index (χ2n) is 19.2. The number of anilines is 3. The van der Waals surface area contributed by atoms with Crippen LogP contribution in [0.3, 0.4) is 0 Å². The number of aryl methyl sites for hydroxylation is 2. The fourth-order valence-corrected chi connectivity index (χ4v) is 10.9. The minimum Gasteiger partial charge on any atom is -0.311 e. The molecule has 338 valence electrons. The van der Waals surface area contributed by atoms with Crippen LogP contribution in [-0.4, -0.2) is 4.57 Å². The second-order valence-corrected chi connectivity index (χ2v) is 19.2. The van der Waals surface area contributed by atoms with Crippen LogP contribution in [0.5, 0.6) is 0 Å². The molecule has 1 aromatic heterocycles. The van der Waals surface area contributed by atoms with E-state index in [1.807, 2.05) is 0 Å². The van der Waals surface area contributed by atoms with Gasteiger partial charge in [0.05, 0.1) is 11.0 Å². The summed E-state index contributed by atoms with van der Waals surface area (Å²) < 4.78 is 2.42. The number of fused-ring (bicyclic) bond motifs is 4. The lowest BCUT2D eigenvalue weighted by molar-refractivity contribution is 0.543. The van der Waals surface area contributed by atoms with Gasteiger partial charge in [0, 0.05) is 33.5 Å². The number of aromatic nitrogens is 1. The van der Waals surface area contributed by atoms with E-state index in [0.717, 1.165) is 29.2 Å². The van der Waals surface area contributed by atoms with Crippen LogP contribution in [-0.2, 0) is 12.8 Å². The van der Waals surface area contributed by atoms with Gasteiger partial charge < -0.3 is 9.47 Å². The Morgan fingerprint density at radius 2 is 0.786 bits per heavy atom. The molecule has 0 N–H and O–H groups in total. The van der Waals surface area contributed by atoms with Crippen molar-refractivity contribution in [3.05, 3.63) is 265 Å². The molecule has 0 amide bonds. The molecule has 11 aromatic rings. The second kappa shape index (κ2) is 18.7. The van der Waals surface area contributed by atoms with Gasteiger partial charge in [0.25, 0.3) is 0 Å². The van der Waals surface area contributed by atoms with Crippen LogP contribution in [0.1, 0.15) is 60.8 Å². The number of hydrogen-bond acceptors (Lipinski definition) is 1. The smallest absolute Gasteiger partial charge is 0.0541 e. The summed E-state index contributed by atoms with van der Waals surface area (Å²) in [5.41, 5.74) is 22.6. The Hall–Kier alpha value is -8.20. The predicted molar refractivity (Wildman–Crippen MR) is 297 cm³/mol. The van der Waals surface area contributed by atoms with Crippen LogP contribution in [0.4, 0.5) is 17.1 Å². The summed E-state index contributed by atoms with van der Waals surface area (Å²) in [6, 6.07) is 89.5. The summed E-state index contributed by atoms with van der Waals surface area (Å²) in [5, 5.41) is 2.49. The van der Waals surface area contributed by atoms with Gasteiger partial charge in [0.15, 0.2) is 0 Å². The molecule has 12 rings (SSSR count). The Balaban J connectivity index is 0.872. The molecule has 0 saturated heterocycles. The van der Waals surface area contributed by atoms with Gasteiger partial charge >= 0.3 is 0 Å². The Morgan fingerprint density at radius 1 is 0.386 bits per heavy atom. The first-order valence-electron chi connectivity index (χ1n) is 25.1. The SMILES string of the molecule is CCC(CC(C)c1ccc(-c2ccc3c(c2)c2cc(-c4ccc(N(c5ccc(-c6ccccc6)cc5)c5ccc(-c6ccccc6)cc5)cc4)ccc2n3-c2ccccc2)cc1)c1ccc2c(c1)CC2. The van der Waals surface area contributed by atoms with Crippen molar-refractivity contribution < 1.29 is 0 Å². The van der Waals surface area contributed by atoms with Crippen molar-refractivity contribution in [3.8, 4) is 50.2 Å². The normalized spacial score (nSPS) is 12.9. The molecule has 2 nitrogen and oxygen atoms in total. The van der Waals surface area contributed by atoms with Crippen molar-refractivity contribution in [2.24, 2.45) is 0 Å². The van der Waals surface area contributed by atoms with E-state index in [4.69, 9.17) is 0 Å². The molecule has 0 aliphatic heterocycles. The fraction of sp³-hybridized carbons (Fsp3) is 0.118. The van der Waals surface area contributed by atoms with Crippen molar-refractivity contribution in [2.75, 3.05) is 4.90 Å². The molecule has 1 aliphatic rings. The topological polar surface area (TPSA) is 8.17 Å². The zero-order chi connectivity index (χ0) is 47.0. The monoisotopic (exact) mass is 900 g/mol. The van der Waals surface area contributed by atoms with Crippen LogP contribution >= 0.6 is 0 Å². The van der Waals surface area contributed by atoms with E-state index in [9.17, 15) is 0 Å². The molecule has 0 spiro atoms. The van der Waals surface area contributed by atoms with Gasteiger partial charge in [0.2, 0.25) is 0 Å². The largest absolute Gasteiger partial charge is 0.311 e. The summed E-state index contributed by atoms with van der Waals surface area (Å²) in [4.78, 5) is 2.36. The van der Waals surface area contributed by atoms with Crippen LogP contribution in [0, 0.1) is 0 Å². The van der Waals surface area contributed by atoms with E-state index >= 15 is 0 Å². The molecule has 0 radical (unpaired) electrons. The molecular formula is C68H56N2. The lowest BCUT2D eigenvalue weighted by atomic mass is 9.80. The highest BCUT2D eigenvalue weighted by molar-refractivity contribution is 6.11. The van der Waals surface area contributed by atoms with E-state index in [1.54, 1.807) is 11.1 Å². The van der Waals surface area contributed by atoms with E-state index in [1.165, 1.54) is 96.7 Å². The molecule has 0 bridgehead atoms. The molecule has 2 atom stereocenters. The zero-order valence-electron chi connectivity index (χ0n) is 40.0. The molecular weight excluding hydrogens is 845 g/mol. The van der Waals surface area contributed by atoms with E-state index in [-0.39, 0.29) is 0 Å². The first-order valence-corrected chi connectivity index (χ1v) is 25.1. The highest BCUT2D eigenvalue weighted by Crippen LogP contribution is 2.41. The third-order valence-corrected chi connectivity index (χ3v) is 15.0. The number of para-hydroxylation sites is 1. The van der Waals surface area contributed by atoms with E-state index < -0.39 is 0 Å². The van der Waals surface area contributed by atoms with Crippen molar-refractivity contribution >= 4 is 38.9 Å². The maximum Gasteiger partial charge on any atom is 0.0541 e. The Kier molecular flexibility index (Phi) is 11.5. The average molecular weight is 901 g/mol. The van der Waals surface area contributed by atoms with Gasteiger partial charge in [0.1, 0.15) is 0 Å². The highest BCUT2D eigenvalue weighted by Gasteiger charge is 2.21. The maximum atomic E-state index is 2.49. The molecule has 0 saturated carbocycles. The quantitative estimate of drug-likeness (QED) is 0.112. The van der Waals surface area contributed by atoms with Crippen molar-refractivity contribution in [2.45, 2.75) is 51.4 Å². The highest BCUT2D eigenvalue weighted by atomic mass is 15.1. The van der Waals surface area contributed by atoms with Crippen LogP contribution in [0.25, 0.3) is 72.0 Å². The molecule has 10 aromatic carbocycles. The predicted octanol–water partition coefficient (Wildman–Crippen LogP) is 18.7. The van der Waals surface area contributed by atoms with E-state index in [0.29, 0.717) is 11.8 Å². The van der Waals surface area contributed by atoms with Crippen LogP contribution < -0.4 is 4.90 Å². The van der Waals surface area contributed by atoms with E-state index in [2.05, 4.69) is 266 Å². The minimum absolute atomic E-state index is 0.477. The van der Waals surface area contributed by atoms with Gasteiger partial charge in [-0.1, -0.05) is 184 Å². The number of hydrogen-bond donors (Lipinski definition) is 0. The van der Waals surface area contributed by atoms with Gasteiger partial charge in [-0.2, -0.15) is 0 Å². The molecule has 1 heterocycles. The molecule has 2 heteroatoms. The number of benzene rings is 10. The molecule has 70 heavy (non-hydrogen) atoms. The fourth-order valence-electron chi connectivity index (χ4n) is 10.9. The van der Waals surface area contributed by atoms with Gasteiger partial charge in [-0.05, 0) is 177 Å². The standard InChI is InChI=1S/C68H56N2/c1-3-48(57-25-23-54-24-26-58(54)44-57)43-47(2)49-19-21-55(22-20-49)59-33-41-67-65(45-59)66-46-60(34-42-68(66)70(67)61-17-11-6-12-18-61)56-31-39-64(40-32-56)69(62-35-27-52(28-36-62)50-13-7-4-8-14-50)63-37-29-53(30-38-63)51-15-9-5-10-16-51/h4-23,25,27-42,44-48H,3,24,26,43H2,1-2H3. The summed E-state index contributed by atoms with van der Waals surface area (Å²) in [5.74, 6) is 1.05. The first kappa shape index (κ1) is 43.1. The Bertz CT molecular complexity index is 3490. The lowest BCUT2D eigenvalue weighted by Crippen LogP contribution is -2.10. The summed E-state index contributed by atoms with van der Waals surface area (Å²) in [7, 11) is 0. The van der Waals surface area contributed by atoms with Crippen LogP contribution in [0.2, 0.25) is 0 Å². The zero-order valence-corrected chi connectivity index (χ0v) is 40.0. The summed E-state index contributed by atoms with van der Waals surface area (Å²) in [6.07, 6.45) is 4.81. The minimum atomic E-state index is 0.477. The van der Waals surface area contributed by atoms with Crippen molar-refractivity contribution in [3.63, 3.8) is 0 Å². The Morgan fingerprint density at radius 3 is 1.23 bits per heavy atom. The summed E-state index contributed by atoms with van der Waals surface area (Å²) in [6.45, 7) is 4.75. The molecule has 0 fully saturated rings. The average Bonchev–Trinajstić information content (AvgIpc) is 3.75. The molecule has 1 aliphatic carbocycles. The first-order chi connectivity index (χ1) is 34.5. The lowest BCUT2D eigenvalue weighted by Gasteiger charge is -2.26. The van der Waals surface area contributed by atoms with Crippen molar-refractivity contribution in [1.82, 2.24) is 4.57 Å². The van der Waals surface area contributed by atoms with Crippen molar-refractivity contribution in [1.29, 1.82) is 0 Å². The van der Waals surface area contributed by atoms with Gasteiger partial charge in [-0.3, -0.25) is 0 Å². The number of nitrogens with zero attached hydrogens (tertiary/aromatic N) is 2. The third kappa shape index (κ3) is 8.30.